The standard InChI is InChI=1S/C23H20N4O4S/c1-14-21-18(13-19(25-22(21)31-26-14)15-6-4-3-5-7-15)23(28)27-11-10-16-12-17(8-9-20(16)27)32(29,30)24-2/h3-9,12-13,24H,10-11H2,1-2H3. The number of hydrogen-bond donors (Lipinski definition) is 1. The summed E-state index contributed by atoms with van der Waals surface area (Å²) in [5.74, 6) is -0.205. The number of benzene rings is 2. The van der Waals surface area contributed by atoms with Crippen LogP contribution in [0.15, 0.2) is 64.0 Å². The number of fused-ring (bicyclic) bond motifs is 2. The SMILES string of the molecule is CNS(=O)(=O)c1ccc2c(c1)CCN2C(=O)c1cc(-c2ccccc2)nc2onc(C)c12. The van der Waals surface area contributed by atoms with Gasteiger partial charge in [0.1, 0.15) is 0 Å². The fourth-order valence-corrected chi connectivity index (χ4v) is 4.82. The molecule has 0 aliphatic carbocycles. The van der Waals surface area contributed by atoms with Gasteiger partial charge in [-0.2, -0.15) is 0 Å². The van der Waals surface area contributed by atoms with Gasteiger partial charge in [0.2, 0.25) is 10.0 Å². The molecule has 32 heavy (non-hydrogen) atoms. The molecule has 9 heteroatoms. The highest BCUT2D eigenvalue weighted by Crippen LogP contribution is 2.34. The van der Waals surface area contributed by atoms with Gasteiger partial charge in [-0.1, -0.05) is 35.5 Å². The minimum absolute atomic E-state index is 0.181. The number of carbonyl (C=O) groups excluding carboxylic acids is 1. The monoisotopic (exact) mass is 448 g/mol. The van der Waals surface area contributed by atoms with Crippen LogP contribution in [0.3, 0.4) is 0 Å². The van der Waals surface area contributed by atoms with Crippen molar-refractivity contribution in [1.82, 2.24) is 14.9 Å². The van der Waals surface area contributed by atoms with Gasteiger partial charge in [0, 0.05) is 17.8 Å². The Morgan fingerprint density at radius 3 is 2.66 bits per heavy atom. The summed E-state index contributed by atoms with van der Waals surface area (Å²) >= 11 is 0. The van der Waals surface area contributed by atoms with E-state index in [0.717, 1.165) is 11.1 Å². The number of amides is 1. The van der Waals surface area contributed by atoms with Crippen molar-refractivity contribution in [2.45, 2.75) is 18.2 Å². The molecule has 0 saturated heterocycles. The van der Waals surface area contributed by atoms with Crippen molar-refractivity contribution in [2.24, 2.45) is 0 Å². The predicted molar refractivity (Wildman–Crippen MR) is 120 cm³/mol. The van der Waals surface area contributed by atoms with E-state index in [0.29, 0.717) is 46.7 Å². The summed E-state index contributed by atoms with van der Waals surface area (Å²) in [6.45, 7) is 2.23. The van der Waals surface area contributed by atoms with E-state index in [1.807, 2.05) is 30.3 Å². The first-order valence-corrected chi connectivity index (χ1v) is 11.6. The number of rotatable bonds is 4. The van der Waals surface area contributed by atoms with Gasteiger partial charge in [-0.25, -0.2) is 18.1 Å². The van der Waals surface area contributed by atoms with Crippen LogP contribution in [0.1, 0.15) is 21.6 Å². The van der Waals surface area contributed by atoms with Gasteiger partial charge in [0.25, 0.3) is 11.6 Å². The van der Waals surface area contributed by atoms with Crippen molar-refractivity contribution in [3.8, 4) is 11.3 Å². The molecule has 0 fully saturated rings. The lowest BCUT2D eigenvalue weighted by Crippen LogP contribution is -2.29. The molecule has 162 valence electrons. The first-order chi connectivity index (χ1) is 15.4. The number of sulfonamides is 1. The molecule has 0 spiro atoms. The van der Waals surface area contributed by atoms with Gasteiger partial charge >= 0.3 is 0 Å². The van der Waals surface area contributed by atoms with Crippen molar-refractivity contribution in [3.63, 3.8) is 0 Å². The number of pyridine rings is 1. The second kappa shape index (κ2) is 7.54. The largest absolute Gasteiger partial charge is 0.335 e. The molecule has 2 aromatic carbocycles. The number of nitrogens with one attached hydrogen (secondary N) is 1. The molecule has 5 rings (SSSR count). The second-order valence-corrected chi connectivity index (χ2v) is 9.46. The van der Waals surface area contributed by atoms with Crippen LogP contribution in [-0.2, 0) is 16.4 Å². The summed E-state index contributed by atoms with van der Waals surface area (Å²) in [7, 11) is -2.18. The molecule has 1 aliphatic heterocycles. The smallest absolute Gasteiger partial charge is 0.259 e. The molecule has 4 aromatic rings. The van der Waals surface area contributed by atoms with Gasteiger partial charge in [-0.15, -0.1) is 0 Å². The van der Waals surface area contributed by atoms with E-state index >= 15 is 0 Å². The lowest BCUT2D eigenvalue weighted by Gasteiger charge is -2.18. The molecule has 0 atom stereocenters. The topological polar surface area (TPSA) is 105 Å². The van der Waals surface area contributed by atoms with E-state index in [2.05, 4.69) is 14.9 Å². The Morgan fingerprint density at radius 1 is 1.12 bits per heavy atom. The van der Waals surface area contributed by atoms with Crippen LogP contribution in [0.2, 0.25) is 0 Å². The van der Waals surface area contributed by atoms with E-state index in [4.69, 9.17) is 4.52 Å². The maximum absolute atomic E-state index is 13.7. The van der Waals surface area contributed by atoms with Gasteiger partial charge in [0.05, 0.1) is 27.2 Å². The van der Waals surface area contributed by atoms with E-state index < -0.39 is 10.0 Å². The molecule has 1 amide bonds. The van der Waals surface area contributed by atoms with Crippen LogP contribution in [0.4, 0.5) is 5.69 Å². The predicted octanol–water partition coefficient (Wildman–Crippen LogP) is 3.31. The maximum atomic E-state index is 13.7. The molecule has 1 aliphatic rings. The molecule has 0 saturated carbocycles. The summed E-state index contributed by atoms with van der Waals surface area (Å²) < 4.78 is 32.0. The van der Waals surface area contributed by atoms with Gasteiger partial charge in [0.15, 0.2) is 0 Å². The Balaban J connectivity index is 1.60. The minimum Gasteiger partial charge on any atom is -0.335 e. The van der Waals surface area contributed by atoms with E-state index in [9.17, 15) is 13.2 Å². The lowest BCUT2D eigenvalue weighted by atomic mass is 10.0. The number of hydrogen-bond acceptors (Lipinski definition) is 6. The number of nitrogens with zero attached hydrogens (tertiary/aromatic N) is 3. The molecule has 3 heterocycles. The summed E-state index contributed by atoms with van der Waals surface area (Å²) in [5, 5.41) is 4.59. The Bertz CT molecular complexity index is 1460. The molecular formula is C23H20N4O4S. The summed E-state index contributed by atoms with van der Waals surface area (Å²) in [5.41, 5.74) is 4.34. The Kier molecular flexibility index (Phi) is 4.79. The third-order valence-corrected chi connectivity index (χ3v) is 7.10. The Morgan fingerprint density at radius 2 is 1.91 bits per heavy atom. The number of carbonyl (C=O) groups is 1. The van der Waals surface area contributed by atoms with Gasteiger partial charge in [-0.3, -0.25) is 4.79 Å². The third-order valence-electron chi connectivity index (χ3n) is 5.69. The minimum atomic E-state index is -3.56. The number of aromatic nitrogens is 2. The Labute approximate surface area is 184 Å². The van der Waals surface area contributed by atoms with Gasteiger partial charge < -0.3 is 9.42 Å². The van der Waals surface area contributed by atoms with Crippen molar-refractivity contribution in [1.29, 1.82) is 0 Å². The first-order valence-electron chi connectivity index (χ1n) is 10.1. The molecule has 0 bridgehead atoms. The summed E-state index contributed by atoms with van der Waals surface area (Å²) in [6.07, 6.45) is 0.566. The molecular weight excluding hydrogens is 428 g/mol. The average molecular weight is 449 g/mol. The van der Waals surface area contributed by atoms with Gasteiger partial charge in [-0.05, 0) is 50.2 Å². The first kappa shape index (κ1) is 20.3. The molecule has 8 nitrogen and oxygen atoms in total. The van der Waals surface area contributed by atoms with Crippen LogP contribution in [0.25, 0.3) is 22.4 Å². The highest BCUT2D eigenvalue weighted by Gasteiger charge is 2.30. The molecule has 0 unspecified atom stereocenters. The molecule has 1 N–H and O–H groups in total. The summed E-state index contributed by atoms with van der Waals surface area (Å²) in [4.78, 5) is 20.1. The maximum Gasteiger partial charge on any atom is 0.259 e. The lowest BCUT2D eigenvalue weighted by molar-refractivity contribution is 0.0991. The van der Waals surface area contributed by atoms with E-state index in [1.54, 1.807) is 30.0 Å². The summed E-state index contributed by atoms with van der Waals surface area (Å²) in [6, 6.07) is 16.1. The van der Waals surface area contributed by atoms with Crippen LogP contribution in [0.5, 0.6) is 0 Å². The fraction of sp³-hybridized carbons (Fsp3) is 0.174. The zero-order chi connectivity index (χ0) is 22.5. The molecule has 0 radical (unpaired) electrons. The number of anilines is 1. The van der Waals surface area contributed by atoms with Crippen LogP contribution < -0.4 is 9.62 Å². The van der Waals surface area contributed by atoms with Crippen molar-refractivity contribution in [2.75, 3.05) is 18.5 Å². The highest BCUT2D eigenvalue weighted by molar-refractivity contribution is 7.89. The highest BCUT2D eigenvalue weighted by atomic mass is 32.2. The Hall–Kier alpha value is -3.56. The second-order valence-electron chi connectivity index (χ2n) is 7.57. The van der Waals surface area contributed by atoms with Crippen molar-refractivity contribution >= 4 is 32.7 Å². The molecule has 2 aromatic heterocycles. The van der Waals surface area contributed by atoms with E-state index in [-0.39, 0.29) is 10.8 Å². The average Bonchev–Trinajstić information content (AvgIpc) is 3.41. The van der Waals surface area contributed by atoms with Crippen LogP contribution >= 0.6 is 0 Å². The zero-order valence-corrected chi connectivity index (χ0v) is 18.3. The number of aryl methyl sites for hydroxylation is 1. The fourth-order valence-electron chi connectivity index (χ4n) is 4.04. The third kappa shape index (κ3) is 3.26. The normalized spacial score (nSPS) is 13.5. The van der Waals surface area contributed by atoms with Crippen LogP contribution in [0, 0.1) is 6.92 Å². The van der Waals surface area contributed by atoms with Crippen molar-refractivity contribution < 1.29 is 17.7 Å². The van der Waals surface area contributed by atoms with Crippen LogP contribution in [-0.4, -0.2) is 38.1 Å². The zero-order valence-electron chi connectivity index (χ0n) is 17.5. The van der Waals surface area contributed by atoms with Crippen molar-refractivity contribution in [3.05, 3.63) is 71.4 Å². The van der Waals surface area contributed by atoms with E-state index in [1.165, 1.54) is 13.1 Å². The quantitative estimate of drug-likeness (QED) is 0.514.